The van der Waals surface area contributed by atoms with Crippen LogP contribution in [0.5, 0.6) is 0 Å². The van der Waals surface area contributed by atoms with Gasteiger partial charge in [0.15, 0.2) is 0 Å². The topological polar surface area (TPSA) is 58.4 Å². The van der Waals surface area contributed by atoms with E-state index in [9.17, 15) is 9.59 Å². The molecule has 1 aromatic heterocycles. The van der Waals surface area contributed by atoms with Crippen molar-refractivity contribution in [3.63, 3.8) is 0 Å². The molecule has 1 unspecified atom stereocenters. The van der Waals surface area contributed by atoms with E-state index in [0.717, 1.165) is 59.6 Å². The lowest BCUT2D eigenvalue weighted by Crippen LogP contribution is -2.43. The van der Waals surface area contributed by atoms with Gasteiger partial charge >= 0.3 is 0 Å². The highest BCUT2D eigenvalue weighted by Crippen LogP contribution is 2.49. The Labute approximate surface area is 237 Å². The average Bonchev–Trinajstić information content (AvgIpc) is 3.60. The molecule has 3 heterocycles. The van der Waals surface area contributed by atoms with Crippen LogP contribution in [0.15, 0.2) is 78.9 Å². The van der Waals surface area contributed by atoms with Crippen molar-refractivity contribution < 1.29 is 9.59 Å². The molecule has 6 nitrogen and oxygen atoms in total. The van der Waals surface area contributed by atoms with Crippen molar-refractivity contribution in [1.82, 2.24) is 14.7 Å². The number of carbonyl (C=O) groups excluding carboxylic acids is 2. The van der Waals surface area contributed by atoms with Crippen molar-refractivity contribution in [2.24, 2.45) is 0 Å². The van der Waals surface area contributed by atoms with E-state index in [1.165, 1.54) is 11.8 Å². The molecule has 1 atom stereocenters. The highest BCUT2D eigenvalue weighted by Gasteiger charge is 2.38. The van der Waals surface area contributed by atoms with Gasteiger partial charge in [-0.3, -0.25) is 14.5 Å². The van der Waals surface area contributed by atoms with E-state index in [2.05, 4.69) is 0 Å². The van der Waals surface area contributed by atoms with Gasteiger partial charge in [0, 0.05) is 29.2 Å². The van der Waals surface area contributed by atoms with Crippen molar-refractivity contribution in [2.75, 3.05) is 30.3 Å². The third-order valence-corrected chi connectivity index (χ3v) is 8.94. The van der Waals surface area contributed by atoms with Crippen LogP contribution in [0.2, 0.25) is 5.02 Å². The third kappa shape index (κ3) is 4.97. The molecular formula is C31H29ClN4O2S. The number of anilines is 1. The summed E-state index contributed by atoms with van der Waals surface area (Å²) in [6.45, 7) is 3.49. The Kier molecular flexibility index (Phi) is 7.19. The quantitative estimate of drug-likeness (QED) is 0.290. The molecule has 0 aliphatic carbocycles. The molecule has 8 heteroatoms. The Hall–Kier alpha value is -3.55. The summed E-state index contributed by atoms with van der Waals surface area (Å²) in [6.07, 6.45) is 1.99. The van der Waals surface area contributed by atoms with Gasteiger partial charge in [-0.25, -0.2) is 4.68 Å². The van der Waals surface area contributed by atoms with Gasteiger partial charge in [-0.1, -0.05) is 77.8 Å². The fraction of sp³-hybridized carbons (Fsp3) is 0.258. The summed E-state index contributed by atoms with van der Waals surface area (Å²) in [5.41, 5.74) is 5.48. The maximum Gasteiger partial charge on any atom is 0.242 e. The number of thioether (sulfide) groups is 1. The second kappa shape index (κ2) is 10.9. The summed E-state index contributed by atoms with van der Waals surface area (Å²) in [5.74, 6) is 0.701. The summed E-state index contributed by atoms with van der Waals surface area (Å²) in [7, 11) is 0. The molecule has 3 aromatic carbocycles. The second-order valence-electron chi connectivity index (χ2n) is 9.98. The van der Waals surface area contributed by atoms with Crippen molar-refractivity contribution in [3.05, 3.63) is 101 Å². The maximum absolute atomic E-state index is 13.8. The number of likely N-dealkylation sites (tertiary alicyclic amines) is 1. The third-order valence-electron chi connectivity index (χ3n) is 7.35. The molecule has 2 aliphatic rings. The molecule has 2 amide bonds. The Morgan fingerprint density at radius 1 is 0.974 bits per heavy atom. The molecule has 198 valence electrons. The molecule has 6 rings (SSSR count). The van der Waals surface area contributed by atoms with E-state index in [0.29, 0.717) is 10.8 Å². The number of hydrogen-bond acceptors (Lipinski definition) is 4. The summed E-state index contributed by atoms with van der Waals surface area (Å²) in [6, 6.07) is 25.9. The molecule has 4 aromatic rings. The highest BCUT2D eigenvalue weighted by molar-refractivity contribution is 8.00. The Morgan fingerprint density at radius 2 is 1.67 bits per heavy atom. The van der Waals surface area contributed by atoms with E-state index >= 15 is 0 Å². The predicted molar refractivity (Wildman–Crippen MR) is 158 cm³/mol. The van der Waals surface area contributed by atoms with Gasteiger partial charge in [-0.2, -0.15) is 5.10 Å². The Morgan fingerprint density at radius 3 is 2.38 bits per heavy atom. The lowest BCUT2D eigenvalue weighted by atomic mass is 9.99. The number of carbonyl (C=O) groups is 2. The van der Waals surface area contributed by atoms with Gasteiger partial charge in [0.25, 0.3) is 0 Å². The van der Waals surface area contributed by atoms with Crippen LogP contribution < -0.4 is 4.90 Å². The monoisotopic (exact) mass is 556 g/mol. The van der Waals surface area contributed by atoms with Crippen LogP contribution in [0.25, 0.3) is 16.9 Å². The fourth-order valence-electron chi connectivity index (χ4n) is 5.33. The first-order chi connectivity index (χ1) is 19.0. The smallest absolute Gasteiger partial charge is 0.242 e. The van der Waals surface area contributed by atoms with Gasteiger partial charge < -0.3 is 4.90 Å². The van der Waals surface area contributed by atoms with Crippen molar-refractivity contribution in [2.45, 2.75) is 25.0 Å². The van der Waals surface area contributed by atoms with Crippen LogP contribution in [0.1, 0.15) is 34.8 Å². The van der Waals surface area contributed by atoms with E-state index in [4.69, 9.17) is 16.7 Å². The van der Waals surface area contributed by atoms with Gasteiger partial charge in [0.2, 0.25) is 11.8 Å². The van der Waals surface area contributed by atoms with E-state index in [1.54, 1.807) is 4.90 Å². The minimum atomic E-state index is -0.251. The van der Waals surface area contributed by atoms with E-state index in [-0.39, 0.29) is 29.4 Å². The van der Waals surface area contributed by atoms with E-state index in [1.807, 2.05) is 95.4 Å². The van der Waals surface area contributed by atoms with E-state index < -0.39 is 0 Å². The van der Waals surface area contributed by atoms with Crippen LogP contribution in [-0.2, 0) is 9.59 Å². The van der Waals surface area contributed by atoms with Crippen LogP contribution in [-0.4, -0.2) is 51.9 Å². The maximum atomic E-state index is 13.8. The molecule has 0 radical (unpaired) electrons. The fourth-order valence-corrected chi connectivity index (χ4v) is 6.87. The minimum absolute atomic E-state index is 0.0204. The standard InChI is InChI=1S/C31H29ClN4O2S/c1-21-13-15-23(16-14-21)36-31-28(29(33-36)22-9-3-2-4-10-22)30(24-11-5-6-12-25(24)32)39-20-27(38)35(31)19-26(37)34-17-7-8-18-34/h2-6,9-16,30H,7-8,17-20H2,1H3. The Balaban J connectivity index is 1.61. The number of halogens is 1. The highest BCUT2D eigenvalue weighted by atomic mass is 35.5. The average molecular weight is 557 g/mol. The second-order valence-corrected chi connectivity index (χ2v) is 11.5. The van der Waals surface area contributed by atoms with Crippen LogP contribution >= 0.6 is 23.4 Å². The summed E-state index contributed by atoms with van der Waals surface area (Å²) < 4.78 is 1.84. The normalized spacial score (nSPS) is 17.3. The first kappa shape index (κ1) is 25.7. The summed E-state index contributed by atoms with van der Waals surface area (Å²) in [4.78, 5) is 30.8. The number of aryl methyl sites for hydroxylation is 1. The van der Waals surface area contributed by atoms with Crippen LogP contribution in [0.4, 0.5) is 5.82 Å². The zero-order valence-electron chi connectivity index (χ0n) is 21.7. The number of rotatable bonds is 5. The SMILES string of the molecule is Cc1ccc(-n2nc(-c3ccccc3)c3c2N(CC(=O)N2CCCC2)C(=O)CSC3c2ccccc2Cl)cc1. The molecule has 0 saturated carbocycles. The van der Waals surface area contributed by atoms with Crippen molar-refractivity contribution >= 4 is 41.0 Å². The number of amides is 2. The molecular weight excluding hydrogens is 528 g/mol. The zero-order valence-corrected chi connectivity index (χ0v) is 23.3. The first-order valence-corrected chi connectivity index (χ1v) is 14.6. The first-order valence-electron chi connectivity index (χ1n) is 13.2. The van der Waals surface area contributed by atoms with Gasteiger partial charge in [0.05, 0.1) is 22.4 Å². The molecule has 1 fully saturated rings. The Bertz CT molecular complexity index is 1510. The number of benzene rings is 3. The molecule has 0 bridgehead atoms. The van der Waals surface area contributed by atoms with Crippen molar-refractivity contribution in [3.8, 4) is 16.9 Å². The number of fused-ring (bicyclic) bond motifs is 1. The van der Waals surface area contributed by atoms with Gasteiger partial charge in [-0.15, -0.1) is 11.8 Å². The summed E-state index contributed by atoms with van der Waals surface area (Å²) in [5, 5.41) is 5.53. The van der Waals surface area contributed by atoms with Gasteiger partial charge in [0.1, 0.15) is 12.4 Å². The molecule has 0 N–H and O–H groups in total. The summed E-state index contributed by atoms with van der Waals surface area (Å²) >= 11 is 8.29. The molecule has 0 spiro atoms. The largest absolute Gasteiger partial charge is 0.341 e. The predicted octanol–water partition coefficient (Wildman–Crippen LogP) is 6.29. The number of aromatic nitrogens is 2. The number of nitrogens with zero attached hydrogens (tertiary/aromatic N) is 4. The van der Waals surface area contributed by atoms with Crippen LogP contribution in [0, 0.1) is 6.92 Å². The lowest BCUT2D eigenvalue weighted by Gasteiger charge is -2.25. The lowest BCUT2D eigenvalue weighted by molar-refractivity contribution is -0.130. The molecule has 2 aliphatic heterocycles. The van der Waals surface area contributed by atoms with Crippen LogP contribution in [0.3, 0.4) is 0 Å². The van der Waals surface area contributed by atoms with Gasteiger partial charge in [-0.05, 0) is 43.5 Å². The van der Waals surface area contributed by atoms with Crippen molar-refractivity contribution in [1.29, 1.82) is 0 Å². The number of hydrogen-bond donors (Lipinski definition) is 0. The molecule has 39 heavy (non-hydrogen) atoms. The zero-order chi connectivity index (χ0) is 26.9. The minimum Gasteiger partial charge on any atom is -0.341 e. The molecule has 1 saturated heterocycles.